The lowest BCUT2D eigenvalue weighted by Crippen LogP contribution is -1.97. The molecule has 0 amide bonds. The average molecular weight is 205 g/mol. The number of aromatic carboxylic acids is 1. The molecule has 0 saturated carbocycles. The van der Waals surface area contributed by atoms with Crippen LogP contribution in [0.4, 0.5) is 0 Å². The van der Waals surface area contributed by atoms with Crippen molar-refractivity contribution in [3.63, 3.8) is 0 Å². The number of carboxylic acids is 1. The molecular weight excluding hydrogens is 194 g/mol. The summed E-state index contributed by atoms with van der Waals surface area (Å²) in [6.07, 6.45) is 0. The van der Waals surface area contributed by atoms with Crippen LogP contribution < -0.4 is 4.74 Å². The van der Waals surface area contributed by atoms with Gasteiger partial charge in [0.15, 0.2) is 0 Å². The quantitative estimate of drug-likeness (QED) is 0.789. The number of ether oxygens (including phenoxy) is 1. The van der Waals surface area contributed by atoms with Gasteiger partial charge in [0, 0.05) is 11.1 Å². The van der Waals surface area contributed by atoms with E-state index in [2.05, 4.69) is 4.98 Å². The third kappa shape index (κ3) is 1.54. The van der Waals surface area contributed by atoms with Crippen molar-refractivity contribution >= 4 is 16.9 Å². The third-order valence-corrected chi connectivity index (χ3v) is 2.29. The molecule has 2 aromatic rings. The summed E-state index contributed by atoms with van der Waals surface area (Å²) in [4.78, 5) is 14.0. The first kappa shape index (κ1) is 9.58. The number of aryl methyl sites for hydroxylation is 1. The maximum atomic E-state index is 10.9. The SMILES string of the molecule is COc1cc(C(=O)O)cc2cc(C)[nH]c12. The molecule has 0 saturated heterocycles. The fourth-order valence-corrected chi connectivity index (χ4v) is 1.64. The molecule has 1 heterocycles. The van der Waals surface area contributed by atoms with Crippen molar-refractivity contribution in [3.05, 3.63) is 29.5 Å². The second-order valence-corrected chi connectivity index (χ2v) is 3.40. The Bertz CT molecular complexity index is 528. The van der Waals surface area contributed by atoms with Crippen molar-refractivity contribution in [1.29, 1.82) is 0 Å². The normalized spacial score (nSPS) is 10.5. The Morgan fingerprint density at radius 2 is 2.13 bits per heavy atom. The van der Waals surface area contributed by atoms with Gasteiger partial charge in [-0.2, -0.15) is 0 Å². The number of methoxy groups -OCH3 is 1. The van der Waals surface area contributed by atoms with Crippen LogP contribution in [0.15, 0.2) is 18.2 Å². The summed E-state index contributed by atoms with van der Waals surface area (Å²) in [5, 5.41) is 9.76. The molecule has 1 aromatic carbocycles. The van der Waals surface area contributed by atoms with E-state index in [0.29, 0.717) is 5.75 Å². The number of hydrogen-bond donors (Lipinski definition) is 2. The molecule has 0 aliphatic heterocycles. The molecule has 2 N–H and O–H groups in total. The molecule has 4 heteroatoms. The summed E-state index contributed by atoms with van der Waals surface area (Å²) in [7, 11) is 1.52. The van der Waals surface area contributed by atoms with Crippen LogP contribution >= 0.6 is 0 Å². The molecular formula is C11H11NO3. The Morgan fingerprint density at radius 1 is 1.40 bits per heavy atom. The van der Waals surface area contributed by atoms with Gasteiger partial charge >= 0.3 is 5.97 Å². The first-order valence-corrected chi connectivity index (χ1v) is 4.52. The molecule has 0 atom stereocenters. The zero-order valence-electron chi connectivity index (χ0n) is 8.50. The Balaban J connectivity index is 2.76. The number of aromatic nitrogens is 1. The third-order valence-electron chi connectivity index (χ3n) is 2.29. The van der Waals surface area contributed by atoms with Gasteiger partial charge in [0.1, 0.15) is 5.75 Å². The Morgan fingerprint density at radius 3 is 2.73 bits per heavy atom. The number of fused-ring (bicyclic) bond motifs is 1. The van der Waals surface area contributed by atoms with E-state index in [1.54, 1.807) is 6.07 Å². The maximum absolute atomic E-state index is 10.9. The van der Waals surface area contributed by atoms with Gasteiger partial charge in [-0.3, -0.25) is 0 Å². The van der Waals surface area contributed by atoms with Crippen LogP contribution in [-0.4, -0.2) is 23.2 Å². The molecule has 2 rings (SSSR count). The monoisotopic (exact) mass is 205 g/mol. The predicted octanol–water partition coefficient (Wildman–Crippen LogP) is 2.18. The van der Waals surface area contributed by atoms with E-state index in [0.717, 1.165) is 16.6 Å². The average Bonchev–Trinajstić information content (AvgIpc) is 2.56. The van der Waals surface area contributed by atoms with E-state index in [-0.39, 0.29) is 5.56 Å². The number of hydrogen-bond acceptors (Lipinski definition) is 2. The minimum atomic E-state index is -0.950. The topological polar surface area (TPSA) is 62.3 Å². The molecule has 4 nitrogen and oxygen atoms in total. The number of carboxylic acid groups (broad SMARTS) is 1. The van der Waals surface area contributed by atoms with Gasteiger partial charge in [-0.25, -0.2) is 4.79 Å². The van der Waals surface area contributed by atoms with Gasteiger partial charge < -0.3 is 14.8 Å². The van der Waals surface area contributed by atoms with Crippen LogP contribution in [-0.2, 0) is 0 Å². The van der Waals surface area contributed by atoms with Crippen molar-refractivity contribution in [1.82, 2.24) is 4.98 Å². The van der Waals surface area contributed by atoms with Gasteiger partial charge in [-0.05, 0) is 25.1 Å². The van der Waals surface area contributed by atoms with E-state index in [1.807, 2.05) is 13.0 Å². The molecule has 0 spiro atoms. The minimum absolute atomic E-state index is 0.235. The first-order valence-electron chi connectivity index (χ1n) is 4.52. The maximum Gasteiger partial charge on any atom is 0.335 e. The van der Waals surface area contributed by atoms with Crippen LogP contribution in [0.1, 0.15) is 16.1 Å². The highest BCUT2D eigenvalue weighted by Crippen LogP contribution is 2.27. The first-order chi connectivity index (χ1) is 7.11. The predicted molar refractivity (Wildman–Crippen MR) is 56.5 cm³/mol. The number of H-pyrrole nitrogens is 1. The van der Waals surface area contributed by atoms with E-state index in [9.17, 15) is 4.79 Å². The smallest absolute Gasteiger partial charge is 0.335 e. The summed E-state index contributed by atoms with van der Waals surface area (Å²) in [6, 6.07) is 5.04. The van der Waals surface area contributed by atoms with Crippen molar-refractivity contribution in [2.24, 2.45) is 0 Å². The molecule has 0 aliphatic rings. The van der Waals surface area contributed by atoms with Gasteiger partial charge in [0.2, 0.25) is 0 Å². The number of nitrogens with one attached hydrogen (secondary N) is 1. The van der Waals surface area contributed by atoms with Crippen LogP contribution in [0.5, 0.6) is 5.75 Å². The second-order valence-electron chi connectivity index (χ2n) is 3.40. The van der Waals surface area contributed by atoms with Crippen molar-refractivity contribution in [3.8, 4) is 5.75 Å². The number of carbonyl (C=O) groups is 1. The standard InChI is InChI=1S/C11H11NO3/c1-6-3-7-4-8(11(13)14)5-9(15-2)10(7)12-6/h3-5,12H,1-2H3,(H,13,14). The molecule has 0 fully saturated rings. The number of aromatic amines is 1. The van der Waals surface area contributed by atoms with Crippen molar-refractivity contribution < 1.29 is 14.6 Å². The lowest BCUT2D eigenvalue weighted by atomic mass is 10.1. The molecule has 0 radical (unpaired) electrons. The van der Waals surface area contributed by atoms with E-state index < -0.39 is 5.97 Å². The highest BCUT2D eigenvalue weighted by molar-refractivity contribution is 5.96. The van der Waals surface area contributed by atoms with Crippen molar-refractivity contribution in [2.45, 2.75) is 6.92 Å². The highest BCUT2D eigenvalue weighted by atomic mass is 16.5. The number of rotatable bonds is 2. The zero-order valence-corrected chi connectivity index (χ0v) is 8.50. The van der Waals surface area contributed by atoms with Crippen LogP contribution in [0.25, 0.3) is 10.9 Å². The molecule has 0 bridgehead atoms. The van der Waals surface area contributed by atoms with E-state index >= 15 is 0 Å². The van der Waals surface area contributed by atoms with Crippen molar-refractivity contribution in [2.75, 3.05) is 7.11 Å². The van der Waals surface area contributed by atoms with Crippen LogP contribution in [0.3, 0.4) is 0 Å². The van der Waals surface area contributed by atoms with E-state index in [4.69, 9.17) is 9.84 Å². The van der Waals surface area contributed by atoms with Crippen LogP contribution in [0, 0.1) is 6.92 Å². The fraction of sp³-hybridized carbons (Fsp3) is 0.182. The van der Waals surface area contributed by atoms with Gasteiger partial charge in [-0.15, -0.1) is 0 Å². The summed E-state index contributed by atoms with van der Waals surface area (Å²) < 4.78 is 5.14. The Kier molecular flexibility index (Phi) is 2.11. The second kappa shape index (κ2) is 3.31. The van der Waals surface area contributed by atoms with Gasteiger partial charge in [-0.1, -0.05) is 0 Å². The molecule has 0 aliphatic carbocycles. The van der Waals surface area contributed by atoms with Gasteiger partial charge in [0.25, 0.3) is 0 Å². The largest absolute Gasteiger partial charge is 0.495 e. The van der Waals surface area contributed by atoms with Crippen LogP contribution in [0.2, 0.25) is 0 Å². The Labute approximate surface area is 86.5 Å². The molecule has 1 aromatic heterocycles. The van der Waals surface area contributed by atoms with E-state index in [1.165, 1.54) is 13.2 Å². The fourth-order valence-electron chi connectivity index (χ4n) is 1.64. The summed E-state index contributed by atoms with van der Waals surface area (Å²) in [6.45, 7) is 1.92. The zero-order chi connectivity index (χ0) is 11.0. The number of benzene rings is 1. The molecule has 0 unspecified atom stereocenters. The minimum Gasteiger partial charge on any atom is -0.495 e. The van der Waals surface area contributed by atoms with Gasteiger partial charge in [0.05, 0.1) is 18.2 Å². The summed E-state index contributed by atoms with van der Waals surface area (Å²) >= 11 is 0. The lowest BCUT2D eigenvalue weighted by Gasteiger charge is -2.03. The molecule has 15 heavy (non-hydrogen) atoms. The summed E-state index contributed by atoms with van der Waals surface area (Å²) in [5.41, 5.74) is 2.05. The Hall–Kier alpha value is -1.97. The summed E-state index contributed by atoms with van der Waals surface area (Å²) in [5.74, 6) is -0.396. The molecule has 78 valence electrons. The lowest BCUT2D eigenvalue weighted by molar-refractivity contribution is 0.0696. The highest BCUT2D eigenvalue weighted by Gasteiger charge is 2.10.